The summed E-state index contributed by atoms with van der Waals surface area (Å²) in [6.07, 6.45) is -1.55. The van der Waals surface area contributed by atoms with Crippen LogP contribution in [0.3, 0.4) is 0 Å². The SMILES string of the molecule is Cc1ncc(Cn2nc(-c3nc(C(F)(F)F)n[nH]3)c3ccc(F)nc32)cn1. The molecule has 0 aliphatic rings. The van der Waals surface area contributed by atoms with Gasteiger partial charge in [0, 0.05) is 18.0 Å². The number of aryl methyl sites for hydroxylation is 1. The van der Waals surface area contributed by atoms with Crippen LogP contribution in [0.4, 0.5) is 17.6 Å². The van der Waals surface area contributed by atoms with Crippen LogP contribution in [0.1, 0.15) is 17.2 Å². The van der Waals surface area contributed by atoms with E-state index in [4.69, 9.17) is 0 Å². The summed E-state index contributed by atoms with van der Waals surface area (Å²) in [6.45, 7) is 1.87. The van der Waals surface area contributed by atoms with Crippen LogP contribution in [0, 0.1) is 12.9 Å². The van der Waals surface area contributed by atoms with Gasteiger partial charge in [0.1, 0.15) is 11.5 Å². The van der Waals surface area contributed by atoms with Crippen LogP contribution < -0.4 is 0 Å². The summed E-state index contributed by atoms with van der Waals surface area (Å²) in [4.78, 5) is 15.4. The van der Waals surface area contributed by atoms with E-state index in [1.165, 1.54) is 10.7 Å². The quantitative estimate of drug-likeness (QED) is 0.435. The molecule has 0 bridgehead atoms. The second-order valence-corrected chi connectivity index (χ2v) is 5.66. The van der Waals surface area contributed by atoms with E-state index in [0.717, 1.165) is 6.07 Å². The number of nitrogens with zero attached hydrogens (tertiary/aromatic N) is 7. The topological polar surface area (TPSA) is 98.1 Å². The van der Waals surface area contributed by atoms with E-state index in [0.29, 0.717) is 16.8 Å². The Hall–Kier alpha value is -3.44. The third-order valence-corrected chi connectivity index (χ3v) is 3.69. The van der Waals surface area contributed by atoms with E-state index < -0.39 is 17.9 Å². The molecule has 0 radical (unpaired) electrons. The first-order valence-electron chi connectivity index (χ1n) is 7.62. The predicted octanol–water partition coefficient (Wildman–Crippen LogP) is 2.52. The first kappa shape index (κ1) is 17.0. The molecule has 0 unspecified atom stereocenters. The molecular formula is C15H10F4N8. The molecule has 0 aliphatic carbocycles. The fourth-order valence-corrected chi connectivity index (χ4v) is 2.48. The molecule has 4 heterocycles. The minimum absolute atomic E-state index is 0.0773. The highest BCUT2D eigenvalue weighted by molar-refractivity contribution is 5.89. The van der Waals surface area contributed by atoms with Crippen molar-refractivity contribution in [2.24, 2.45) is 0 Å². The fraction of sp³-hybridized carbons (Fsp3) is 0.200. The van der Waals surface area contributed by atoms with Crippen molar-refractivity contribution >= 4 is 11.0 Å². The van der Waals surface area contributed by atoms with Crippen molar-refractivity contribution in [3.63, 3.8) is 0 Å². The van der Waals surface area contributed by atoms with Gasteiger partial charge in [-0.1, -0.05) is 0 Å². The molecule has 0 atom stereocenters. The zero-order valence-corrected chi connectivity index (χ0v) is 13.7. The highest BCUT2D eigenvalue weighted by Crippen LogP contribution is 2.30. The number of hydrogen-bond donors (Lipinski definition) is 1. The van der Waals surface area contributed by atoms with E-state index in [2.05, 4.69) is 35.2 Å². The van der Waals surface area contributed by atoms with Gasteiger partial charge >= 0.3 is 6.18 Å². The van der Waals surface area contributed by atoms with Gasteiger partial charge in [-0.25, -0.2) is 19.6 Å². The summed E-state index contributed by atoms with van der Waals surface area (Å²) in [5.74, 6) is -1.68. The number of pyridine rings is 1. The molecule has 4 aromatic heterocycles. The number of halogens is 4. The van der Waals surface area contributed by atoms with Crippen LogP contribution >= 0.6 is 0 Å². The number of nitrogens with one attached hydrogen (secondary N) is 1. The predicted molar refractivity (Wildman–Crippen MR) is 83.7 cm³/mol. The Bertz CT molecular complexity index is 1110. The van der Waals surface area contributed by atoms with Crippen LogP contribution in [-0.4, -0.2) is 39.9 Å². The second kappa shape index (κ2) is 6.07. The molecule has 0 saturated heterocycles. The Labute approximate surface area is 148 Å². The van der Waals surface area contributed by atoms with Crippen molar-refractivity contribution in [2.75, 3.05) is 0 Å². The lowest BCUT2D eigenvalue weighted by atomic mass is 10.2. The Kier molecular flexibility index (Phi) is 3.82. The highest BCUT2D eigenvalue weighted by Gasteiger charge is 2.36. The zero-order valence-electron chi connectivity index (χ0n) is 13.7. The van der Waals surface area contributed by atoms with Crippen LogP contribution in [0.25, 0.3) is 22.6 Å². The highest BCUT2D eigenvalue weighted by atomic mass is 19.4. The van der Waals surface area contributed by atoms with Crippen LogP contribution in [0.5, 0.6) is 0 Å². The lowest BCUT2D eigenvalue weighted by Gasteiger charge is -2.02. The van der Waals surface area contributed by atoms with Crippen LogP contribution in [0.15, 0.2) is 24.5 Å². The Morgan fingerprint density at radius 2 is 1.85 bits per heavy atom. The van der Waals surface area contributed by atoms with Gasteiger partial charge in [-0.2, -0.15) is 27.6 Å². The smallest absolute Gasteiger partial charge is 0.257 e. The normalized spacial score (nSPS) is 12.0. The lowest BCUT2D eigenvalue weighted by Crippen LogP contribution is -2.07. The van der Waals surface area contributed by atoms with Gasteiger partial charge in [0.15, 0.2) is 11.5 Å². The third-order valence-electron chi connectivity index (χ3n) is 3.69. The van der Waals surface area contributed by atoms with Gasteiger partial charge in [-0.3, -0.25) is 5.10 Å². The molecule has 4 aromatic rings. The van der Waals surface area contributed by atoms with Gasteiger partial charge in [-0.05, 0) is 19.1 Å². The average Bonchev–Trinajstić information content (AvgIpc) is 3.22. The van der Waals surface area contributed by atoms with Gasteiger partial charge in [0.2, 0.25) is 5.95 Å². The molecule has 8 nitrogen and oxygen atoms in total. The van der Waals surface area contributed by atoms with E-state index in [1.807, 2.05) is 0 Å². The summed E-state index contributed by atoms with van der Waals surface area (Å²) in [6, 6.07) is 2.46. The number of aromatic amines is 1. The summed E-state index contributed by atoms with van der Waals surface area (Å²) >= 11 is 0. The average molecular weight is 378 g/mol. The van der Waals surface area contributed by atoms with Gasteiger partial charge in [-0.15, -0.1) is 5.10 Å². The molecule has 0 amide bonds. The van der Waals surface area contributed by atoms with Crippen molar-refractivity contribution < 1.29 is 17.6 Å². The molecule has 0 fully saturated rings. The van der Waals surface area contributed by atoms with Gasteiger partial charge < -0.3 is 0 Å². The minimum Gasteiger partial charge on any atom is -0.257 e. The molecule has 0 saturated carbocycles. The summed E-state index contributed by atoms with van der Waals surface area (Å²) < 4.78 is 53.3. The van der Waals surface area contributed by atoms with Gasteiger partial charge in [0.25, 0.3) is 5.82 Å². The standard InChI is InChI=1S/C15H10F4N8/c1-7-20-4-8(5-21-7)6-27-13-9(2-3-10(16)22-13)11(26-27)12-23-14(25-24-12)15(17,18)19/h2-5H,6H2,1H3,(H,23,24,25). The molecular weight excluding hydrogens is 368 g/mol. The van der Waals surface area contributed by atoms with E-state index >= 15 is 0 Å². The first-order chi connectivity index (χ1) is 12.8. The Morgan fingerprint density at radius 1 is 1.11 bits per heavy atom. The molecule has 0 aromatic carbocycles. The maximum Gasteiger partial charge on any atom is 0.453 e. The monoisotopic (exact) mass is 378 g/mol. The Balaban J connectivity index is 1.82. The maximum absolute atomic E-state index is 13.6. The molecule has 27 heavy (non-hydrogen) atoms. The van der Waals surface area contributed by atoms with Crippen LogP contribution in [-0.2, 0) is 12.7 Å². The summed E-state index contributed by atoms with van der Waals surface area (Å²) in [5, 5.41) is 9.96. The van der Waals surface area contributed by atoms with Crippen molar-refractivity contribution in [2.45, 2.75) is 19.6 Å². The number of H-pyrrole nitrogens is 1. The van der Waals surface area contributed by atoms with Crippen molar-refractivity contribution in [3.05, 3.63) is 47.7 Å². The zero-order chi connectivity index (χ0) is 19.2. The molecule has 0 spiro atoms. The number of fused-ring (bicyclic) bond motifs is 1. The van der Waals surface area contributed by atoms with Gasteiger partial charge in [0.05, 0.1) is 11.9 Å². The number of alkyl halides is 3. The van der Waals surface area contributed by atoms with E-state index in [9.17, 15) is 17.6 Å². The largest absolute Gasteiger partial charge is 0.453 e. The summed E-state index contributed by atoms with van der Waals surface area (Å²) in [5.41, 5.74) is 0.889. The van der Waals surface area contributed by atoms with Crippen molar-refractivity contribution in [1.82, 2.24) is 39.9 Å². The summed E-state index contributed by atoms with van der Waals surface area (Å²) in [7, 11) is 0. The maximum atomic E-state index is 13.6. The van der Waals surface area contributed by atoms with Crippen molar-refractivity contribution in [1.29, 1.82) is 0 Å². The third kappa shape index (κ3) is 3.20. The second-order valence-electron chi connectivity index (χ2n) is 5.66. The molecule has 0 aliphatic heterocycles. The Morgan fingerprint density at radius 3 is 2.52 bits per heavy atom. The fourth-order valence-electron chi connectivity index (χ4n) is 2.48. The van der Waals surface area contributed by atoms with Crippen LogP contribution in [0.2, 0.25) is 0 Å². The number of rotatable bonds is 3. The first-order valence-corrected chi connectivity index (χ1v) is 7.62. The van der Waals surface area contributed by atoms with Crippen molar-refractivity contribution in [3.8, 4) is 11.5 Å². The minimum atomic E-state index is -4.70. The number of aromatic nitrogens is 8. The molecule has 4 rings (SSSR count). The van der Waals surface area contributed by atoms with E-state index in [1.54, 1.807) is 19.3 Å². The van der Waals surface area contributed by atoms with E-state index in [-0.39, 0.29) is 23.7 Å². The number of hydrogen-bond acceptors (Lipinski definition) is 6. The molecule has 138 valence electrons. The molecule has 12 heteroatoms. The lowest BCUT2D eigenvalue weighted by molar-refractivity contribution is -0.144. The molecule has 1 N–H and O–H groups in total.